The number of hydrogen-bond donors (Lipinski definition) is 3. The Balaban J connectivity index is 2.19. The zero-order chi connectivity index (χ0) is 14.8. The van der Waals surface area contributed by atoms with E-state index in [4.69, 9.17) is 5.11 Å². The van der Waals surface area contributed by atoms with E-state index in [2.05, 4.69) is 10.6 Å². The first-order valence-corrected chi connectivity index (χ1v) is 6.79. The monoisotopic (exact) mass is 276 g/mol. The quantitative estimate of drug-likeness (QED) is 0.789. The molecule has 1 amide bonds. The van der Waals surface area contributed by atoms with Gasteiger partial charge in [0.1, 0.15) is 0 Å². The highest BCUT2D eigenvalue weighted by molar-refractivity contribution is 5.98. The molecule has 5 heteroatoms. The first kappa shape index (κ1) is 14.5. The van der Waals surface area contributed by atoms with Crippen LogP contribution >= 0.6 is 0 Å². The second-order valence-electron chi connectivity index (χ2n) is 5.58. The van der Waals surface area contributed by atoms with E-state index in [0.717, 1.165) is 19.4 Å². The smallest absolute Gasteiger partial charge is 0.336 e. The van der Waals surface area contributed by atoms with Gasteiger partial charge in [-0.05, 0) is 50.9 Å². The number of benzene rings is 1. The van der Waals surface area contributed by atoms with Crippen molar-refractivity contribution in [2.24, 2.45) is 5.41 Å². The maximum absolute atomic E-state index is 12.4. The van der Waals surface area contributed by atoms with Crippen LogP contribution in [0.15, 0.2) is 18.2 Å². The van der Waals surface area contributed by atoms with Crippen molar-refractivity contribution in [3.8, 4) is 0 Å². The number of hydrogen-bond acceptors (Lipinski definition) is 3. The first-order valence-electron chi connectivity index (χ1n) is 6.79. The molecule has 1 fully saturated rings. The summed E-state index contributed by atoms with van der Waals surface area (Å²) >= 11 is 0. The average molecular weight is 276 g/mol. The Bertz CT molecular complexity index is 534. The number of anilines is 1. The molecule has 1 saturated heterocycles. The molecule has 2 rings (SSSR count). The lowest BCUT2D eigenvalue weighted by Gasteiger charge is -2.32. The predicted octanol–water partition coefficient (Wildman–Crippen LogP) is 2.02. The Morgan fingerprint density at radius 3 is 2.75 bits per heavy atom. The number of rotatable bonds is 3. The van der Waals surface area contributed by atoms with Crippen molar-refractivity contribution < 1.29 is 14.7 Å². The number of nitrogens with one attached hydrogen (secondary N) is 2. The number of carbonyl (C=O) groups excluding carboxylic acids is 1. The van der Waals surface area contributed by atoms with Gasteiger partial charge in [0.15, 0.2) is 0 Å². The molecule has 0 spiro atoms. The van der Waals surface area contributed by atoms with Crippen molar-refractivity contribution in [1.82, 2.24) is 5.32 Å². The van der Waals surface area contributed by atoms with Crippen molar-refractivity contribution >= 4 is 17.6 Å². The van der Waals surface area contributed by atoms with Gasteiger partial charge in [0, 0.05) is 12.2 Å². The minimum Gasteiger partial charge on any atom is -0.478 e. The molecule has 1 aliphatic rings. The molecule has 0 radical (unpaired) electrons. The highest BCUT2D eigenvalue weighted by Gasteiger charge is 2.34. The summed E-state index contributed by atoms with van der Waals surface area (Å²) in [5.74, 6) is -1.04. The fourth-order valence-electron chi connectivity index (χ4n) is 2.53. The number of carboxylic acid groups (broad SMARTS) is 1. The van der Waals surface area contributed by atoms with Crippen LogP contribution < -0.4 is 10.6 Å². The van der Waals surface area contributed by atoms with Crippen LogP contribution in [0.5, 0.6) is 0 Å². The summed E-state index contributed by atoms with van der Waals surface area (Å²) in [5, 5.41) is 15.2. The number of carboxylic acids is 1. The zero-order valence-electron chi connectivity index (χ0n) is 11.8. The van der Waals surface area contributed by atoms with Crippen LogP contribution in [0.2, 0.25) is 0 Å². The number of amides is 1. The lowest BCUT2D eigenvalue weighted by atomic mass is 9.82. The van der Waals surface area contributed by atoms with Crippen molar-refractivity contribution in [2.45, 2.75) is 26.7 Å². The third kappa shape index (κ3) is 2.82. The third-order valence-electron chi connectivity index (χ3n) is 3.96. The van der Waals surface area contributed by atoms with Crippen LogP contribution in [0.1, 0.15) is 35.7 Å². The van der Waals surface area contributed by atoms with Gasteiger partial charge in [-0.15, -0.1) is 0 Å². The van der Waals surface area contributed by atoms with E-state index in [1.165, 1.54) is 6.07 Å². The number of carbonyl (C=O) groups is 2. The van der Waals surface area contributed by atoms with E-state index in [9.17, 15) is 9.59 Å². The summed E-state index contributed by atoms with van der Waals surface area (Å²) in [4.78, 5) is 23.5. The molecule has 1 aromatic carbocycles. The standard InChI is InChI=1S/C15H20N2O3/c1-10-11(13(18)19)5-3-6-12(10)17-14(20)15(2)7-4-8-16-9-15/h3,5-6,16H,4,7-9H2,1-2H3,(H,17,20)(H,18,19). The SMILES string of the molecule is Cc1c(NC(=O)C2(C)CCCNC2)cccc1C(=O)O. The van der Waals surface area contributed by atoms with E-state index in [-0.39, 0.29) is 11.5 Å². The van der Waals surface area contributed by atoms with Crippen molar-refractivity contribution in [2.75, 3.05) is 18.4 Å². The van der Waals surface area contributed by atoms with Gasteiger partial charge in [-0.25, -0.2) is 4.79 Å². The minimum absolute atomic E-state index is 0.0599. The van der Waals surface area contributed by atoms with Gasteiger partial charge in [0.25, 0.3) is 0 Å². The summed E-state index contributed by atoms with van der Waals surface area (Å²) in [6.07, 6.45) is 1.81. The Labute approximate surface area is 118 Å². The van der Waals surface area contributed by atoms with Gasteiger partial charge in [-0.3, -0.25) is 4.79 Å². The maximum Gasteiger partial charge on any atom is 0.336 e. The van der Waals surface area contributed by atoms with Crippen molar-refractivity contribution in [3.05, 3.63) is 29.3 Å². The van der Waals surface area contributed by atoms with Crippen LogP contribution in [0, 0.1) is 12.3 Å². The van der Waals surface area contributed by atoms with Gasteiger partial charge in [-0.1, -0.05) is 6.07 Å². The second kappa shape index (κ2) is 5.63. The van der Waals surface area contributed by atoms with Gasteiger partial charge in [0.2, 0.25) is 5.91 Å². The Hall–Kier alpha value is -1.88. The molecule has 5 nitrogen and oxygen atoms in total. The fourth-order valence-corrected chi connectivity index (χ4v) is 2.53. The topological polar surface area (TPSA) is 78.4 Å². The van der Waals surface area contributed by atoms with E-state index in [1.54, 1.807) is 19.1 Å². The summed E-state index contributed by atoms with van der Waals surface area (Å²) < 4.78 is 0. The predicted molar refractivity (Wildman–Crippen MR) is 77.0 cm³/mol. The molecule has 3 N–H and O–H groups in total. The van der Waals surface area contributed by atoms with Crippen LogP contribution in [0.25, 0.3) is 0 Å². The minimum atomic E-state index is -0.982. The largest absolute Gasteiger partial charge is 0.478 e. The lowest BCUT2D eigenvalue weighted by Crippen LogP contribution is -2.46. The molecule has 1 unspecified atom stereocenters. The molecule has 1 aromatic rings. The summed E-state index contributed by atoms with van der Waals surface area (Å²) in [7, 11) is 0. The summed E-state index contributed by atoms with van der Waals surface area (Å²) in [6, 6.07) is 4.92. The molecule has 0 aliphatic carbocycles. The highest BCUT2D eigenvalue weighted by atomic mass is 16.4. The van der Waals surface area contributed by atoms with Crippen LogP contribution in [0.3, 0.4) is 0 Å². The molecule has 1 aliphatic heterocycles. The molecular formula is C15H20N2O3. The Morgan fingerprint density at radius 2 is 2.15 bits per heavy atom. The number of aromatic carboxylic acids is 1. The normalized spacial score (nSPS) is 22.3. The van der Waals surface area contributed by atoms with Gasteiger partial charge in [-0.2, -0.15) is 0 Å². The van der Waals surface area contributed by atoms with Gasteiger partial charge in [0.05, 0.1) is 11.0 Å². The molecule has 108 valence electrons. The van der Waals surface area contributed by atoms with Gasteiger partial charge < -0.3 is 15.7 Å². The summed E-state index contributed by atoms with van der Waals surface area (Å²) in [5.41, 5.74) is 0.932. The Morgan fingerprint density at radius 1 is 1.40 bits per heavy atom. The van der Waals surface area contributed by atoms with E-state index >= 15 is 0 Å². The van der Waals surface area contributed by atoms with E-state index in [1.807, 2.05) is 6.92 Å². The fraction of sp³-hybridized carbons (Fsp3) is 0.467. The maximum atomic E-state index is 12.4. The van der Waals surface area contributed by atoms with Gasteiger partial charge >= 0.3 is 5.97 Å². The molecule has 0 aromatic heterocycles. The highest BCUT2D eigenvalue weighted by Crippen LogP contribution is 2.28. The van der Waals surface area contributed by atoms with Crippen molar-refractivity contribution in [3.63, 3.8) is 0 Å². The lowest BCUT2D eigenvalue weighted by molar-refractivity contribution is -0.125. The van der Waals surface area contributed by atoms with E-state index < -0.39 is 11.4 Å². The second-order valence-corrected chi connectivity index (χ2v) is 5.58. The molecular weight excluding hydrogens is 256 g/mol. The molecule has 1 heterocycles. The Kier molecular flexibility index (Phi) is 4.09. The third-order valence-corrected chi connectivity index (χ3v) is 3.96. The van der Waals surface area contributed by atoms with Crippen LogP contribution in [0.4, 0.5) is 5.69 Å². The molecule has 0 saturated carbocycles. The molecule has 1 atom stereocenters. The molecule has 20 heavy (non-hydrogen) atoms. The van der Waals surface area contributed by atoms with Crippen LogP contribution in [-0.2, 0) is 4.79 Å². The van der Waals surface area contributed by atoms with E-state index in [0.29, 0.717) is 17.8 Å². The molecule has 0 bridgehead atoms. The summed E-state index contributed by atoms with van der Waals surface area (Å²) in [6.45, 7) is 5.23. The van der Waals surface area contributed by atoms with Crippen molar-refractivity contribution in [1.29, 1.82) is 0 Å². The number of piperidine rings is 1. The van der Waals surface area contributed by atoms with Crippen LogP contribution in [-0.4, -0.2) is 30.1 Å². The first-order chi connectivity index (χ1) is 9.44. The zero-order valence-corrected chi connectivity index (χ0v) is 11.8. The average Bonchev–Trinajstić information content (AvgIpc) is 2.41.